The number of Topliss-reactive ketones (excluding diaryl/α,β-unsaturated/α-hetero) is 1. The normalized spacial score (nSPS) is 23.5. The summed E-state index contributed by atoms with van der Waals surface area (Å²) in [4.78, 5) is 23.5. The molecule has 1 heterocycles. The molecule has 0 unspecified atom stereocenters. The molecule has 0 aliphatic carbocycles. The Bertz CT molecular complexity index is 387. The third kappa shape index (κ3) is 7.21. The van der Waals surface area contributed by atoms with E-state index in [2.05, 4.69) is 13.8 Å². The van der Waals surface area contributed by atoms with Crippen molar-refractivity contribution in [1.29, 1.82) is 0 Å². The molecule has 2 atom stereocenters. The number of rotatable bonds is 9. The summed E-state index contributed by atoms with van der Waals surface area (Å²) in [6.07, 6.45) is 9.45. The van der Waals surface area contributed by atoms with Crippen LogP contribution < -0.4 is 0 Å². The highest BCUT2D eigenvalue weighted by Gasteiger charge is 2.26. The first kappa shape index (κ1) is 18.9. The molecule has 4 nitrogen and oxygen atoms in total. The number of hydrogen-bond donors (Lipinski definition) is 0. The van der Waals surface area contributed by atoms with Crippen LogP contribution in [-0.2, 0) is 19.1 Å². The largest absolute Gasteiger partial charge is 0.466 e. The highest BCUT2D eigenvalue weighted by atomic mass is 16.5. The number of ketones is 1. The lowest BCUT2D eigenvalue weighted by Gasteiger charge is -2.31. The summed E-state index contributed by atoms with van der Waals surface area (Å²) in [5, 5.41) is 0. The summed E-state index contributed by atoms with van der Waals surface area (Å²) in [5.74, 6) is -0.0494. The van der Waals surface area contributed by atoms with E-state index in [1.807, 2.05) is 0 Å². The molecule has 1 aliphatic heterocycles. The van der Waals surface area contributed by atoms with Gasteiger partial charge in [-0.25, -0.2) is 4.79 Å². The summed E-state index contributed by atoms with van der Waals surface area (Å²) >= 11 is 0. The minimum atomic E-state index is -0.323. The van der Waals surface area contributed by atoms with Gasteiger partial charge in [-0.2, -0.15) is 0 Å². The van der Waals surface area contributed by atoms with Crippen molar-refractivity contribution in [2.75, 3.05) is 7.11 Å². The van der Waals surface area contributed by atoms with E-state index in [0.717, 1.165) is 31.3 Å². The minimum Gasteiger partial charge on any atom is -0.466 e. The van der Waals surface area contributed by atoms with E-state index in [0.29, 0.717) is 19.3 Å². The molecule has 1 fully saturated rings. The maximum atomic E-state index is 12.1. The Kier molecular flexibility index (Phi) is 9.05. The topological polar surface area (TPSA) is 52.6 Å². The monoisotopic (exact) mass is 310 g/mol. The number of carbonyl (C=O) groups is 2. The Morgan fingerprint density at radius 3 is 2.55 bits per heavy atom. The van der Waals surface area contributed by atoms with Gasteiger partial charge in [0.25, 0.3) is 0 Å². The van der Waals surface area contributed by atoms with E-state index in [-0.39, 0.29) is 24.0 Å². The van der Waals surface area contributed by atoms with Crippen molar-refractivity contribution >= 4 is 11.8 Å². The van der Waals surface area contributed by atoms with E-state index in [9.17, 15) is 9.59 Å². The lowest BCUT2D eigenvalue weighted by atomic mass is 9.93. The summed E-state index contributed by atoms with van der Waals surface area (Å²) in [6.45, 7) is 4.23. The van der Waals surface area contributed by atoms with Gasteiger partial charge in [0.05, 0.1) is 19.3 Å². The van der Waals surface area contributed by atoms with Crippen LogP contribution in [0.1, 0.15) is 71.6 Å². The van der Waals surface area contributed by atoms with Crippen molar-refractivity contribution in [2.45, 2.75) is 83.8 Å². The molecule has 1 aliphatic rings. The van der Waals surface area contributed by atoms with Gasteiger partial charge in [-0.1, -0.05) is 38.7 Å². The van der Waals surface area contributed by atoms with Gasteiger partial charge in [-0.15, -0.1) is 0 Å². The molecular formula is C18H30O4. The van der Waals surface area contributed by atoms with Crippen LogP contribution in [0, 0.1) is 0 Å². The van der Waals surface area contributed by atoms with Crippen LogP contribution in [0.5, 0.6) is 0 Å². The maximum absolute atomic E-state index is 12.1. The van der Waals surface area contributed by atoms with Crippen molar-refractivity contribution < 1.29 is 19.1 Å². The quantitative estimate of drug-likeness (QED) is 0.367. The fourth-order valence-corrected chi connectivity index (χ4v) is 2.85. The SMILES string of the molecule is CCCCCCC(=O)C[C@@H]1C/C(=C/C(=O)OC)C[C@H](CC)O1. The molecule has 0 aromatic heterocycles. The average molecular weight is 310 g/mol. The summed E-state index contributed by atoms with van der Waals surface area (Å²) in [6, 6.07) is 0. The molecule has 0 N–H and O–H groups in total. The van der Waals surface area contributed by atoms with Gasteiger partial charge in [-0.05, 0) is 25.7 Å². The molecular weight excluding hydrogens is 280 g/mol. The summed E-state index contributed by atoms with van der Waals surface area (Å²) < 4.78 is 10.7. The van der Waals surface area contributed by atoms with Crippen LogP contribution in [-0.4, -0.2) is 31.1 Å². The van der Waals surface area contributed by atoms with Crippen molar-refractivity contribution in [1.82, 2.24) is 0 Å². The first-order valence-electron chi connectivity index (χ1n) is 8.53. The standard InChI is InChI=1S/C18H30O4/c1-4-6-7-8-9-15(19)13-17-11-14(12-18(20)21-3)10-16(5-2)22-17/h12,16-17H,4-11,13H2,1-3H3/b14-12+/t16-,17-/m0/s1. The number of methoxy groups -OCH3 is 1. The van der Waals surface area contributed by atoms with Crippen molar-refractivity contribution in [3.05, 3.63) is 11.6 Å². The van der Waals surface area contributed by atoms with E-state index in [1.54, 1.807) is 6.08 Å². The number of unbranched alkanes of at least 4 members (excludes halogenated alkanes) is 3. The first-order chi connectivity index (χ1) is 10.6. The Labute approximate surface area is 134 Å². The minimum absolute atomic E-state index is 0.0896. The van der Waals surface area contributed by atoms with Crippen molar-refractivity contribution in [3.8, 4) is 0 Å². The van der Waals surface area contributed by atoms with Crippen molar-refractivity contribution in [3.63, 3.8) is 0 Å². The zero-order valence-corrected chi connectivity index (χ0v) is 14.2. The summed E-state index contributed by atoms with van der Waals surface area (Å²) in [5.41, 5.74) is 1.04. The van der Waals surface area contributed by atoms with Gasteiger partial charge in [-0.3, -0.25) is 4.79 Å². The molecule has 0 aromatic carbocycles. The van der Waals surface area contributed by atoms with Crippen LogP contribution in [0.3, 0.4) is 0 Å². The Morgan fingerprint density at radius 1 is 1.18 bits per heavy atom. The fourth-order valence-electron chi connectivity index (χ4n) is 2.85. The number of hydrogen-bond acceptors (Lipinski definition) is 4. The molecule has 1 saturated heterocycles. The lowest BCUT2D eigenvalue weighted by Crippen LogP contribution is -2.30. The van der Waals surface area contributed by atoms with E-state index in [4.69, 9.17) is 9.47 Å². The predicted molar refractivity (Wildman–Crippen MR) is 86.7 cm³/mol. The zero-order chi connectivity index (χ0) is 16.4. The third-order valence-corrected chi connectivity index (χ3v) is 4.11. The molecule has 0 amide bonds. The molecule has 0 radical (unpaired) electrons. The number of carbonyl (C=O) groups excluding carboxylic acids is 2. The predicted octanol–water partition coefficient (Wildman–Crippen LogP) is 3.97. The second-order valence-electron chi connectivity index (χ2n) is 6.08. The van der Waals surface area contributed by atoms with E-state index in [1.165, 1.54) is 20.0 Å². The van der Waals surface area contributed by atoms with E-state index >= 15 is 0 Å². The molecule has 126 valence electrons. The second-order valence-corrected chi connectivity index (χ2v) is 6.08. The van der Waals surface area contributed by atoms with Crippen molar-refractivity contribution in [2.24, 2.45) is 0 Å². The second kappa shape index (κ2) is 10.5. The molecule has 1 rings (SSSR count). The maximum Gasteiger partial charge on any atom is 0.330 e. The van der Waals surface area contributed by atoms with Gasteiger partial charge < -0.3 is 9.47 Å². The Morgan fingerprint density at radius 2 is 1.91 bits per heavy atom. The van der Waals surface area contributed by atoms with Gasteiger partial charge in [0.15, 0.2) is 0 Å². The average Bonchev–Trinajstić information content (AvgIpc) is 2.51. The smallest absolute Gasteiger partial charge is 0.330 e. The van der Waals surface area contributed by atoms with Crippen LogP contribution >= 0.6 is 0 Å². The molecule has 0 aromatic rings. The Hall–Kier alpha value is -1.16. The fraction of sp³-hybridized carbons (Fsp3) is 0.778. The molecule has 4 heteroatoms. The molecule has 22 heavy (non-hydrogen) atoms. The molecule has 0 bridgehead atoms. The van der Waals surface area contributed by atoms with Gasteiger partial charge in [0.2, 0.25) is 0 Å². The molecule has 0 spiro atoms. The van der Waals surface area contributed by atoms with Crippen LogP contribution in [0.2, 0.25) is 0 Å². The van der Waals surface area contributed by atoms with Gasteiger partial charge in [0, 0.05) is 18.9 Å². The molecule has 0 saturated carbocycles. The van der Waals surface area contributed by atoms with Crippen LogP contribution in [0.25, 0.3) is 0 Å². The van der Waals surface area contributed by atoms with Crippen LogP contribution in [0.15, 0.2) is 11.6 Å². The third-order valence-electron chi connectivity index (χ3n) is 4.11. The zero-order valence-electron chi connectivity index (χ0n) is 14.2. The highest BCUT2D eigenvalue weighted by molar-refractivity contribution is 5.83. The highest BCUT2D eigenvalue weighted by Crippen LogP contribution is 2.28. The van der Waals surface area contributed by atoms with Gasteiger partial charge in [0.1, 0.15) is 5.78 Å². The Balaban J connectivity index is 2.48. The van der Waals surface area contributed by atoms with Gasteiger partial charge >= 0.3 is 5.97 Å². The first-order valence-corrected chi connectivity index (χ1v) is 8.53. The van der Waals surface area contributed by atoms with Crippen LogP contribution in [0.4, 0.5) is 0 Å². The lowest BCUT2D eigenvalue weighted by molar-refractivity contribution is -0.135. The van der Waals surface area contributed by atoms with E-state index < -0.39 is 0 Å². The number of ether oxygens (including phenoxy) is 2. The number of esters is 1. The summed E-state index contributed by atoms with van der Waals surface area (Å²) in [7, 11) is 1.38.